The zero-order valence-corrected chi connectivity index (χ0v) is 13.7. The number of benzene rings is 1. The largest absolute Gasteiger partial charge is 0.493 e. The molecule has 0 bridgehead atoms. The Morgan fingerprint density at radius 1 is 1.41 bits per heavy atom. The van der Waals surface area contributed by atoms with Gasteiger partial charge in [-0.15, -0.1) is 0 Å². The molecule has 120 valence electrons. The first-order valence-corrected chi connectivity index (χ1v) is 7.47. The van der Waals surface area contributed by atoms with Gasteiger partial charge in [0, 0.05) is 18.3 Å². The Balaban J connectivity index is 2.39. The number of methoxy groups -OCH3 is 2. The van der Waals surface area contributed by atoms with Crippen LogP contribution in [0.15, 0.2) is 29.4 Å². The highest BCUT2D eigenvalue weighted by Gasteiger charge is 2.24. The Kier molecular flexibility index (Phi) is 5.31. The van der Waals surface area contributed by atoms with Crippen molar-refractivity contribution in [2.45, 2.75) is 25.8 Å². The van der Waals surface area contributed by atoms with Crippen molar-refractivity contribution in [2.24, 2.45) is 4.99 Å². The first-order chi connectivity index (χ1) is 10.6. The lowest BCUT2D eigenvalue weighted by atomic mass is 10.0. The summed E-state index contributed by atoms with van der Waals surface area (Å²) in [7, 11) is 5.14. The van der Waals surface area contributed by atoms with Gasteiger partial charge in [0.05, 0.1) is 14.2 Å². The lowest BCUT2D eigenvalue weighted by Gasteiger charge is -2.14. The molecule has 0 aromatic heterocycles. The number of aryl methyl sites for hydroxylation is 1. The molecule has 5 heteroatoms. The summed E-state index contributed by atoms with van der Waals surface area (Å²) in [6.07, 6.45) is 1.93. The van der Waals surface area contributed by atoms with E-state index in [9.17, 15) is 0 Å². The van der Waals surface area contributed by atoms with Crippen LogP contribution >= 0.6 is 0 Å². The van der Waals surface area contributed by atoms with E-state index in [1.807, 2.05) is 13.1 Å². The third-order valence-corrected chi connectivity index (χ3v) is 3.70. The maximum absolute atomic E-state index is 5.73. The van der Waals surface area contributed by atoms with E-state index in [1.165, 1.54) is 0 Å². The average Bonchev–Trinajstić information content (AvgIpc) is 3.03. The van der Waals surface area contributed by atoms with Crippen LogP contribution in [0, 0.1) is 0 Å². The minimum Gasteiger partial charge on any atom is -0.493 e. The SMILES string of the molecule is C=C(NC)C1COC(c2cc(CCC)c(OC)c(OC)c2)=N1. The molecule has 1 N–H and O–H groups in total. The Labute approximate surface area is 132 Å². The number of nitrogens with zero attached hydrogens (tertiary/aromatic N) is 1. The summed E-state index contributed by atoms with van der Waals surface area (Å²) in [6, 6.07) is 3.91. The van der Waals surface area contributed by atoms with Crippen molar-refractivity contribution in [1.29, 1.82) is 0 Å². The van der Waals surface area contributed by atoms with Crippen LogP contribution in [0.25, 0.3) is 0 Å². The molecule has 0 saturated heterocycles. The molecule has 0 amide bonds. The maximum atomic E-state index is 5.73. The van der Waals surface area contributed by atoms with Gasteiger partial charge in [0.15, 0.2) is 11.5 Å². The van der Waals surface area contributed by atoms with Crippen LogP contribution in [0.2, 0.25) is 0 Å². The lowest BCUT2D eigenvalue weighted by molar-refractivity contribution is 0.325. The highest BCUT2D eigenvalue weighted by atomic mass is 16.5. The molecule has 0 spiro atoms. The zero-order valence-electron chi connectivity index (χ0n) is 13.7. The summed E-state index contributed by atoms with van der Waals surface area (Å²) in [6.45, 7) is 6.59. The Hall–Kier alpha value is -2.17. The number of nitrogens with one attached hydrogen (secondary N) is 1. The van der Waals surface area contributed by atoms with Crippen molar-refractivity contribution >= 4 is 5.90 Å². The molecule has 1 aliphatic heterocycles. The van der Waals surface area contributed by atoms with Crippen LogP contribution in [0.4, 0.5) is 0 Å². The molecule has 0 saturated carbocycles. The first-order valence-electron chi connectivity index (χ1n) is 7.47. The van der Waals surface area contributed by atoms with Crippen LogP contribution in [0.5, 0.6) is 11.5 Å². The average molecular weight is 304 g/mol. The van der Waals surface area contributed by atoms with Gasteiger partial charge in [0.25, 0.3) is 0 Å². The molecular weight excluding hydrogens is 280 g/mol. The molecule has 5 nitrogen and oxygen atoms in total. The van der Waals surface area contributed by atoms with E-state index in [0.717, 1.165) is 35.4 Å². The predicted octanol–water partition coefficient (Wildman–Crippen LogP) is 2.53. The summed E-state index contributed by atoms with van der Waals surface area (Å²) in [4.78, 5) is 4.60. The third-order valence-electron chi connectivity index (χ3n) is 3.70. The third kappa shape index (κ3) is 3.18. The van der Waals surface area contributed by atoms with Gasteiger partial charge in [-0.25, -0.2) is 4.99 Å². The van der Waals surface area contributed by atoms with E-state index in [4.69, 9.17) is 14.2 Å². The molecular formula is C17H24N2O3. The monoisotopic (exact) mass is 304 g/mol. The van der Waals surface area contributed by atoms with E-state index >= 15 is 0 Å². The topological polar surface area (TPSA) is 52.1 Å². The van der Waals surface area contributed by atoms with E-state index in [0.29, 0.717) is 18.3 Å². The minimum absolute atomic E-state index is 0.0530. The molecule has 0 aliphatic carbocycles. The summed E-state index contributed by atoms with van der Waals surface area (Å²) in [5.74, 6) is 2.10. The number of aliphatic imine (C=N–C) groups is 1. The number of ether oxygens (including phenoxy) is 3. The molecule has 1 atom stereocenters. The molecule has 1 aliphatic rings. The second kappa shape index (κ2) is 7.20. The van der Waals surface area contributed by atoms with Crippen LogP contribution < -0.4 is 14.8 Å². The highest BCUT2D eigenvalue weighted by molar-refractivity contribution is 5.96. The van der Waals surface area contributed by atoms with E-state index in [2.05, 4.69) is 29.9 Å². The van der Waals surface area contributed by atoms with Crippen LogP contribution in [-0.2, 0) is 11.2 Å². The maximum Gasteiger partial charge on any atom is 0.217 e. The second-order valence-corrected chi connectivity index (χ2v) is 5.16. The van der Waals surface area contributed by atoms with Gasteiger partial charge in [-0.2, -0.15) is 0 Å². The van der Waals surface area contributed by atoms with Crippen LogP contribution in [-0.4, -0.2) is 39.8 Å². The Bertz CT molecular complexity index is 582. The quantitative estimate of drug-likeness (QED) is 0.841. The van der Waals surface area contributed by atoms with Crippen LogP contribution in [0.3, 0.4) is 0 Å². The molecule has 0 radical (unpaired) electrons. The van der Waals surface area contributed by atoms with Gasteiger partial charge in [0.1, 0.15) is 12.6 Å². The summed E-state index contributed by atoms with van der Waals surface area (Å²) in [5, 5.41) is 3.03. The molecule has 1 heterocycles. The van der Waals surface area contributed by atoms with Crippen molar-refractivity contribution < 1.29 is 14.2 Å². The molecule has 1 unspecified atom stereocenters. The minimum atomic E-state index is -0.0530. The highest BCUT2D eigenvalue weighted by Crippen LogP contribution is 2.34. The van der Waals surface area contributed by atoms with Crippen molar-refractivity contribution in [3.63, 3.8) is 0 Å². The predicted molar refractivity (Wildman–Crippen MR) is 88.0 cm³/mol. The molecule has 0 fully saturated rings. The molecule has 2 rings (SSSR count). The summed E-state index contributed by atoms with van der Waals surface area (Å²) < 4.78 is 16.7. The fraction of sp³-hybridized carbons (Fsp3) is 0.471. The number of likely N-dealkylation sites (N-methyl/N-ethyl adjacent to an activating group) is 1. The van der Waals surface area contributed by atoms with E-state index < -0.39 is 0 Å². The van der Waals surface area contributed by atoms with Gasteiger partial charge in [-0.05, 0) is 24.1 Å². The first kappa shape index (κ1) is 16.2. The summed E-state index contributed by atoms with van der Waals surface area (Å²) in [5.41, 5.74) is 2.86. The van der Waals surface area contributed by atoms with Gasteiger partial charge in [-0.3, -0.25) is 0 Å². The fourth-order valence-electron chi connectivity index (χ4n) is 2.50. The van der Waals surface area contributed by atoms with Crippen molar-refractivity contribution in [1.82, 2.24) is 5.32 Å². The summed E-state index contributed by atoms with van der Waals surface area (Å²) >= 11 is 0. The zero-order chi connectivity index (χ0) is 16.1. The lowest BCUT2D eigenvalue weighted by Crippen LogP contribution is -2.19. The molecule has 1 aromatic carbocycles. The van der Waals surface area contributed by atoms with Crippen LogP contribution in [0.1, 0.15) is 24.5 Å². The second-order valence-electron chi connectivity index (χ2n) is 5.16. The smallest absolute Gasteiger partial charge is 0.217 e. The molecule has 1 aromatic rings. The normalized spacial score (nSPS) is 16.7. The number of hydrogen-bond donors (Lipinski definition) is 1. The van der Waals surface area contributed by atoms with Crippen molar-refractivity contribution in [3.05, 3.63) is 35.5 Å². The van der Waals surface area contributed by atoms with Gasteiger partial charge < -0.3 is 19.5 Å². The van der Waals surface area contributed by atoms with Crippen molar-refractivity contribution in [2.75, 3.05) is 27.9 Å². The number of hydrogen-bond acceptors (Lipinski definition) is 5. The van der Waals surface area contributed by atoms with Crippen molar-refractivity contribution in [3.8, 4) is 11.5 Å². The molecule has 22 heavy (non-hydrogen) atoms. The van der Waals surface area contributed by atoms with Gasteiger partial charge in [0.2, 0.25) is 5.90 Å². The number of rotatable bonds is 7. The van der Waals surface area contributed by atoms with Gasteiger partial charge >= 0.3 is 0 Å². The van der Waals surface area contributed by atoms with E-state index in [-0.39, 0.29) is 6.04 Å². The fourth-order valence-corrected chi connectivity index (χ4v) is 2.50. The van der Waals surface area contributed by atoms with Gasteiger partial charge in [-0.1, -0.05) is 19.9 Å². The van der Waals surface area contributed by atoms with E-state index in [1.54, 1.807) is 14.2 Å². The Morgan fingerprint density at radius 3 is 2.77 bits per heavy atom. The Morgan fingerprint density at radius 2 is 2.18 bits per heavy atom. The standard InChI is InChI=1S/C17H24N2O3/c1-6-7-12-8-13(9-15(20-4)16(12)21-5)17-19-14(10-22-17)11(2)18-3/h8-9,14,18H,2,6-7,10H2,1,3-5H3.